The topological polar surface area (TPSA) is 88.7 Å². The molecule has 0 bridgehead atoms. The Kier molecular flexibility index (Phi) is 6.97. The highest BCUT2D eigenvalue weighted by Crippen LogP contribution is 2.29. The summed E-state index contributed by atoms with van der Waals surface area (Å²) in [6.07, 6.45) is -0.374. The fraction of sp³-hybridized carbons (Fsp3) is 0.0909. The lowest BCUT2D eigenvalue weighted by atomic mass is 10.1. The van der Waals surface area contributed by atoms with Gasteiger partial charge in [-0.2, -0.15) is 4.99 Å². The lowest BCUT2D eigenvalue weighted by Crippen LogP contribution is -3.00. The Morgan fingerprint density at radius 1 is 0.933 bits per heavy atom. The molecule has 0 saturated carbocycles. The van der Waals surface area contributed by atoms with Crippen molar-refractivity contribution >= 4 is 33.5 Å². The van der Waals surface area contributed by atoms with E-state index in [0.717, 1.165) is 27.0 Å². The van der Waals surface area contributed by atoms with Gasteiger partial charge in [0.25, 0.3) is 5.96 Å². The summed E-state index contributed by atoms with van der Waals surface area (Å²) in [6, 6.07) is 25.7. The molecule has 4 rings (SSSR count). The molecule has 1 aliphatic heterocycles. The third-order valence-electron chi connectivity index (χ3n) is 4.55. The van der Waals surface area contributed by atoms with E-state index < -0.39 is 0 Å². The van der Waals surface area contributed by atoms with Crippen LogP contribution in [-0.4, -0.2) is 16.5 Å². The molecule has 0 radical (unpaired) electrons. The molecule has 1 aliphatic rings. The Bertz CT molecular complexity index is 1050. The van der Waals surface area contributed by atoms with E-state index >= 15 is 0 Å². The molecule has 0 aromatic heterocycles. The molecule has 0 aliphatic carbocycles. The van der Waals surface area contributed by atoms with Crippen LogP contribution in [0.4, 0.5) is 5.69 Å². The highest BCUT2D eigenvalue weighted by atomic mass is 79.9. The summed E-state index contributed by atoms with van der Waals surface area (Å²) in [7, 11) is 0. The number of nitrogens with one attached hydrogen (secondary N) is 1. The highest BCUT2D eigenvalue weighted by molar-refractivity contribution is 9.10. The molecule has 1 unspecified atom stereocenters. The number of aliphatic imine (C=N–C) groups is 1. The number of hydrogen-bond donors (Lipinski definition) is 3. The van der Waals surface area contributed by atoms with Crippen LogP contribution in [0.5, 0.6) is 5.75 Å². The van der Waals surface area contributed by atoms with Crippen LogP contribution in [0.2, 0.25) is 0 Å². The van der Waals surface area contributed by atoms with Crippen LogP contribution in [0.25, 0.3) is 0 Å². The van der Waals surface area contributed by atoms with Crippen LogP contribution in [0.15, 0.2) is 88.3 Å². The minimum Gasteiger partial charge on any atom is -1.00 e. The van der Waals surface area contributed by atoms with Crippen molar-refractivity contribution in [1.29, 1.82) is 0 Å². The normalized spacial score (nSPS) is 15.6. The summed E-state index contributed by atoms with van der Waals surface area (Å²) in [6.45, 7) is 0.518. The van der Waals surface area contributed by atoms with Gasteiger partial charge in [-0.15, -0.1) is 0 Å². The molecule has 0 saturated heterocycles. The zero-order valence-corrected chi connectivity index (χ0v) is 18.3. The predicted octanol–water partition coefficient (Wildman–Crippen LogP) is 0.608. The number of guanidine groups is 2. The SMILES string of the molecule is NC1=NC(c2ccc(OCc3ccccc3)cc2)[N+](c2ccc(Br)cc2)=C(N)N1.[Cl-]. The van der Waals surface area contributed by atoms with E-state index in [2.05, 4.69) is 26.2 Å². The number of rotatable bonds is 5. The number of benzene rings is 3. The van der Waals surface area contributed by atoms with Crippen molar-refractivity contribution in [3.8, 4) is 5.75 Å². The zero-order valence-electron chi connectivity index (χ0n) is 16.0. The van der Waals surface area contributed by atoms with E-state index in [0.29, 0.717) is 12.6 Å². The summed E-state index contributed by atoms with van der Waals surface area (Å²) in [4.78, 5) is 4.56. The smallest absolute Gasteiger partial charge is 0.357 e. The van der Waals surface area contributed by atoms with Crippen LogP contribution in [0.1, 0.15) is 17.3 Å². The van der Waals surface area contributed by atoms with Crippen LogP contribution in [-0.2, 0) is 6.61 Å². The molecule has 1 atom stereocenters. The third-order valence-corrected chi connectivity index (χ3v) is 5.08. The van der Waals surface area contributed by atoms with Gasteiger partial charge in [-0.1, -0.05) is 46.3 Å². The van der Waals surface area contributed by atoms with E-state index in [1.54, 1.807) is 0 Å². The van der Waals surface area contributed by atoms with E-state index in [4.69, 9.17) is 16.2 Å². The molecule has 8 heteroatoms. The number of ether oxygens (including phenoxy) is 1. The first kappa shape index (κ1) is 21.7. The quantitative estimate of drug-likeness (QED) is 0.461. The molecule has 30 heavy (non-hydrogen) atoms. The van der Waals surface area contributed by atoms with Gasteiger partial charge in [0.1, 0.15) is 18.0 Å². The second-order valence-corrected chi connectivity index (χ2v) is 7.50. The molecular weight excluding hydrogens is 466 g/mol. The molecule has 1 heterocycles. The average molecular weight is 487 g/mol. The molecule has 3 aromatic carbocycles. The van der Waals surface area contributed by atoms with Gasteiger partial charge in [-0.3, -0.25) is 5.73 Å². The fourth-order valence-electron chi connectivity index (χ4n) is 3.13. The van der Waals surface area contributed by atoms with Gasteiger partial charge >= 0.3 is 5.96 Å². The predicted molar refractivity (Wildman–Crippen MR) is 118 cm³/mol. The lowest BCUT2D eigenvalue weighted by molar-refractivity contribution is -0.494. The Hall–Kier alpha value is -3.03. The molecule has 5 N–H and O–H groups in total. The van der Waals surface area contributed by atoms with Crippen LogP contribution < -0.4 is 33.9 Å². The summed E-state index contributed by atoms with van der Waals surface area (Å²) in [5, 5.41) is 2.90. The van der Waals surface area contributed by atoms with Crippen LogP contribution in [0, 0.1) is 0 Å². The van der Waals surface area contributed by atoms with Gasteiger partial charge in [0.2, 0.25) is 6.17 Å². The zero-order chi connectivity index (χ0) is 20.2. The first-order valence-electron chi connectivity index (χ1n) is 9.14. The Labute approximate surface area is 189 Å². The van der Waals surface area contributed by atoms with Crippen molar-refractivity contribution in [3.63, 3.8) is 0 Å². The standard InChI is InChI=1S/C22H20BrN5O.ClH/c23-17-8-10-18(11-9-17)28-20(26-21(24)27-22(28)25)16-6-12-19(13-7-16)29-14-15-4-2-1-3-5-15;/h1-13,20H,14H2,(H4,24,25,26,27);1H. The van der Waals surface area contributed by atoms with Gasteiger partial charge in [0, 0.05) is 10.0 Å². The van der Waals surface area contributed by atoms with Gasteiger partial charge in [0.05, 0.1) is 0 Å². The van der Waals surface area contributed by atoms with Crippen molar-refractivity contribution in [1.82, 2.24) is 5.32 Å². The van der Waals surface area contributed by atoms with Crippen molar-refractivity contribution in [2.24, 2.45) is 16.5 Å². The highest BCUT2D eigenvalue weighted by Gasteiger charge is 2.28. The van der Waals surface area contributed by atoms with E-state index in [-0.39, 0.29) is 24.5 Å². The number of hydrogen-bond acceptors (Lipinski definition) is 5. The summed E-state index contributed by atoms with van der Waals surface area (Å²) < 4.78 is 8.78. The summed E-state index contributed by atoms with van der Waals surface area (Å²) in [5.41, 5.74) is 15.2. The monoisotopic (exact) mass is 485 g/mol. The molecule has 0 amide bonds. The van der Waals surface area contributed by atoms with Gasteiger partial charge in [-0.25, -0.2) is 9.89 Å². The molecule has 154 valence electrons. The molecule has 0 spiro atoms. The molecular formula is C22H21BrClN5O. The lowest BCUT2D eigenvalue weighted by Gasteiger charge is -2.23. The summed E-state index contributed by atoms with van der Waals surface area (Å²) in [5.74, 6) is 1.50. The number of nitrogens with two attached hydrogens (primary N) is 2. The summed E-state index contributed by atoms with van der Waals surface area (Å²) >= 11 is 3.46. The maximum atomic E-state index is 6.24. The van der Waals surface area contributed by atoms with E-state index in [9.17, 15) is 0 Å². The van der Waals surface area contributed by atoms with Crippen LogP contribution >= 0.6 is 15.9 Å². The Balaban J connectivity index is 0.00000256. The average Bonchev–Trinajstić information content (AvgIpc) is 2.74. The van der Waals surface area contributed by atoms with Crippen molar-refractivity contribution < 1.29 is 21.7 Å². The number of halogens is 2. The molecule has 3 aromatic rings. The van der Waals surface area contributed by atoms with E-state index in [1.165, 1.54) is 0 Å². The number of nitrogens with zero attached hydrogens (tertiary/aromatic N) is 2. The Morgan fingerprint density at radius 2 is 1.60 bits per heavy atom. The first-order chi connectivity index (χ1) is 14.1. The third kappa shape index (κ3) is 4.93. The fourth-order valence-corrected chi connectivity index (χ4v) is 3.39. The van der Waals surface area contributed by atoms with Gasteiger partial charge in [0.15, 0.2) is 0 Å². The molecule has 6 nitrogen and oxygen atoms in total. The van der Waals surface area contributed by atoms with Crippen molar-refractivity contribution in [2.45, 2.75) is 12.8 Å². The largest absolute Gasteiger partial charge is 1.00 e. The maximum Gasteiger partial charge on any atom is 0.357 e. The minimum atomic E-state index is -0.374. The van der Waals surface area contributed by atoms with Gasteiger partial charge < -0.3 is 22.9 Å². The van der Waals surface area contributed by atoms with E-state index in [1.807, 2.05) is 83.4 Å². The maximum absolute atomic E-state index is 6.24. The Morgan fingerprint density at radius 3 is 2.27 bits per heavy atom. The van der Waals surface area contributed by atoms with Crippen molar-refractivity contribution in [2.75, 3.05) is 0 Å². The van der Waals surface area contributed by atoms with Gasteiger partial charge in [-0.05, 0) is 54.1 Å². The van der Waals surface area contributed by atoms with Crippen LogP contribution in [0.3, 0.4) is 0 Å². The minimum absolute atomic E-state index is 0. The first-order valence-corrected chi connectivity index (χ1v) is 9.93. The van der Waals surface area contributed by atoms with Crippen molar-refractivity contribution in [3.05, 3.63) is 94.5 Å². The molecule has 0 fully saturated rings. The second-order valence-electron chi connectivity index (χ2n) is 6.59. The second kappa shape index (κ2) is 9.65.